The molecule has 0 bridgehead atoms. The Bertz CT molecular complexity index is 306. The number of likely N-dealkylation sites (tertiary alicyclic amines) is 1. The Kier molecular flexibility index (Phi) is 13.2. The van der Waals surface area contributed by atoms with E-state index >= 15 is 0 Å². The monoisotopic (exact) mass is 339 g/mol. The van der Waals surface area contributed by atoms with Gasteiger partial charge in [0.2, 0.25) is 5.91 Å². The number of aliphatic hydroxyl groups is 1. The average molecular weight is 340 g/mol. The van der Waals surface area contributed by atoms with Crippen LogP contribution in [0.3, 0.4) is 0 Å². The van der Waals surface area contributed by atoms with Crippen LogP contribution in [0.4, 0.5) is 0 Å². The van der Waals surface area contributed by atoms with E-state index in [1.54, 1.807) is 0 Å². The molecule has 1 atom stereocenters. The van der Waals surface area contributed by atoms with Crippen molar-refractivity contribution in [2.75, 3.05) is 13.2 Å². The van der Waals surface area contributed by atoms with Crippen LogP contribution in [-0.2, 0) is 4.79 Å². The van der Waals surface area contributed by atoms with Crippen molar-refractivity contribution < 1.29 is 9.90 Å². The number of carbonyl (C=O) groups is 1. The molecule has 1 amide bonds. The largest absolute Gasteiger partial charge is 0.394 e. The van der Waals surface area contributed by atoms with Crippen molar-refractivity contribution in [1.82, 2.24) is 4.90 Å². The van der Waals surface area contributed by atoms with Gasteiger partial charge in [-0.1, -0.05) is 84.0 Å². The van der Waals surface area contributed by atoms with Gasteiger partial charge in [0.05, 0.1) is 12.6 Å². The molecule has 1 N–H and O–H groups in total. The number of nitrogens with zero attached hydrogens (tertiary/aromatic N) is 1. The molecule has 1 fully saturated rings. The molecule has 24 heavy (non-hydrogen) atoms. The Labute approximate surface area is 150 Å². The number of hydrogen-bond acceptors (Lipinski definition) is 2. The Morgan fingerprint density at radius 2 is 1.38 bits per heavy atom. The smallest absolute Gasteiger partial charge is 0.222 e. The molecule has 0 aliphatic carbocycles. The first kappa shape index (κ1) is 21.5. The van der Waals surface area contributed by atoms with Gasteiger partial charge in [-0.05, 0) is 19.3 Å². The lowest BCUT2D eigenvalue weighted by Gasteiger charge is -2.22. The number of aliphatic hydroxyl groups excluding tert-OH is 1. The summed E-state index contributed by atoms with van der Waals surface area (Å²) in [6, 6.07) is 0.0967. The van der Waals surface area contributed by atoms with Crippen LogP contribution in [0.15, 0.2) is 0 Å². The van der Waals surface area contributed by atoms with Crippen LogP contribution in [0, 0.1) is 0 Å². The molecule has 0 unspecified atom stereocenters. The zero-order valence-corrected chi connectivity index (χ0v) is 16.1. The van der Waals surface area contributed by atoms with Crippen LogP contribution < -0.4 is 0 Å². The third kappa shape index (κ3) is 9.66. The van der Waals surface area contributed by atoms with Gasteiger partial charge in [0.25, 0.3) is 0 Å². The highest BCUT2D eigenvalue weighted by Crippen LogP contribution is 2.19. The molecule has 142 valence electrons. The molecule has 0 aromatic rings. The molecule has 1 aliphatic heterocycles. The summed E-state index contributed by atoms with van der Waals surface area (Å²) in [5, 5.41) is 9.28. The fourth-order valence-electron chi connectivity index (χ4n) is 3.79. The van der Waals surface area contributed by atoms with Crippen molar-refractivity contribution in [2.24, 2.45) is 0 Å². The first-order chi connectivity index (χ1) is 11.8. The molecule has 3 nitrogen and oxygen atoms in total. The summed E-state index contributed by atoms with van der Waals surface area (Å²) >= 11 is 0. The molecule has 3 heteroatoms. The molecule has 0 saturated carbocycles. The van der Waals surface area contributed by atoms with E-state index in [2.05, 4.69) is 6.92 Å². The quantitative estimate of drug-likeness (QED) is 0.403. The number of rotatable bonds is 15. The molecule has 0 aromatic heterocycles. The number of unbranched alkanes of at least 4 members (excludes halogenated alkanes) is 12. The lowest BCUT2D eigenvalue weighted by molar-refractivity contribution is -0.132. The fraction of sp³-hybridized carbons (Fsp3) is 0.952. The fourth-order valence-corrected chi connectivity index (χ4v) is 3.79. The van der Waals surface area contributed by atoms with E-state index in [9.17, 15) is 9.90 Å². The second kappa shape index (κ2) is 14.7. The molecule has 0 radical (unpaired) electrons. The van der Waals surface area contributed by atoms with E-state index in [1.165, 1.54) is 77.0 Å². The van der Waals surface area contributed by atoms with Crippen LogP contribution in [0.1, 0.15) is 110 Å². The Balaban J connectivity index is 1.83. The van der Waals surface area contributed by atoms with E-state index in [4.69, 9.17) is 0 Å². The Morgan fingerprint density at radius 1 is 0.875 bits per heavy atom. The third-order valence-corrected chi connectivity index (χ3v) is 5.40. The molecule has 0 spiro atoms. The van der Waals surface area contributed by atoms with E-state index in [0.29, 0.717) is 6.42 Å². The van der Waals surface area contributed by atoms with Gasteiger partial charge in [-0.3, -0.25) is 4.79 Å². The maximum Gasteiger partial charge on any atom is 0.222 e. The lowest BCUT2D eigenvalue weighted by atomic mass is 10.0. The van der Waals surface area contributed by atoms with E-state index in [-0.39, 0.29) is 18.6 Å². The topological polar surface area (TPSA) is 40.5 Å². The van der Waals surface area contributed by atoms with Crippen LogP contribution in [-0.4, -0.2) is 35.1 Å². The van der Waals surface area contributed by atoms with Crippen molar-refractivity contribution in [3.05, 3.63) is 0 Å². The summed E-state index contributed by atoms with van der Waals surface area (Å²) in [6.45, 7) is 3.25. The van der Waals surface area contributed by atoms with E-state index in [1.807, 2.05) is 4.90 Å². The minimum absolute atomic E-state index is 0.0967. The summed E-state index contributed by atoms with van der Waals surface area (Å²) in [7, 11) is 0. The van der Waals surface area contributed by atoms with Crippen LogP contribution in [0.2, 0.25) is 0 Å². The molecule has 0 aromatic carbocycles. The highest BCUT2D eigenvalue weighted by molar-refractivity contribution is 5.76. The standard InChI is InChI=1S/C21H41NO2/c1-2-3-4-5-6-7-8-9-10-11-12-13-14-17-21(24)22-18-15-16-20(22)19-23/h20,23H,2-19H2,1H3/t20-/m0/s1. The van der Waals surface area contributed by atoms with Crippen LogP contribution in [0.25, 0.3) is 0 Å². The minimum Gasteiger partial charge on any atom is -0.394 e. The summed E-state index contributed by atoms with van der Waals surface area (Å²) in [5.74, 6) is 0.259. The lowest BCUT2D eigenvalue weighted by Crippen LogP contribution is -2.37. The van der Waals surface area contributed by atoms with Gasteiger partial charge in [-0.25, -0.2) is 0 Å². The van der Waals surface area contributed by atoms with Crippen molar-refractivity contribution >= 4 is 5.91 Å². The molecule has 1 heterocycles. The first-order valence-corrected chi connectivity index (χ1v) is 10.7. The zero-order valence-electron chi connectivity index (χ0n) is 16.1. The normalized spacial score (nSPS) is 17.6. The number of carbonyl (C=O) groups excluding carboxylic acids is 1. The van der Waals surface area contributed by atoms with Gasteiger partial charge in [0, 0.05) is 13.0 Å². The van der Waals surface area contributed by atoms with Crippen molar-refractivity contribution in [1.29, 1.82) is 0 Å². The number of hydrogen-bond donors (Lipinski definition) is 1. The minimum atomic E-state index is 0.0967. The number of amides is 1. The maximum atomic E-state index is 12.1. The molecule has 1 aliphatic rings. The Morgan fingerprint density at radius 3 is 1.88 bits per heavy atom. The molecule has 1 saturated heterocycles. The van der Waals surface area contributed by atoms with Gasteiger partial charge in [0.15, 0.2) is 0 Å². The Hall–Kier alpha value is -0.570. The van der Waals surface area contributed by atoms with Gasteiger partial charge in [0.1, 0.15) is 0 Å². The SMILES string of the molecule is CCCCCCCCCCCCCCCC(=O)N1CCC[C@H]1CO. The maximum absolute atomic E-state index is 12.1. The van der Waals surface area contributed by atoms with E-state index < -0.39 is 0 Å². The summed E-state index contributed by atoms with van der Waals surface area (Å²) in [6.07, 6.45) is 20.1. The highest BCUT2D eigenvalue weighted by Gasteiger charge is 2.27. The first-order valence-electron chi connectivity index (χ1n) is 10.7. The zero-order chi connectivity index (χ0) is 17.5. The van der Waals surface area contributed by atoms with Crippen LogP contribution in [0.5, 0.6) is 0 Å². The third-order valence-electron chi connectivity index (χ3n) is 5.40. The predicted octanol–water partition coefficient (Wildman–Crippen LogP) is 5.45. The average Bonchev–Trinajstić information content (AvgIpc) is 3.07. The van der Waals surface area contributed by atoms with Gasteiger partial charge in [-0.15, -0.1) is 0 Å². The summed E-state index contributed by atoms with van der Waals surface area (Å²) in [5.41, 5.74) is 0. The van der Waals surface area contributed by atoms with Crippen molar-refractivity contribution in [3.8, 4) is 0 Å². The van der Waals surface area contributed by atoms with Gasteiger partial charge >= 0.3 is 0 Å². The second-order valence-electron chi connectivity index (χ2n) is 7.56. The van der Waals surface area contributed by atoms with Crippen LogP contribution >= 0.6 is 0 Å². The predicted molar refractivity (Wildman–Crippen MR) is 102 cm³/mol. The van der Waals surface area contributed by atoms with Crippen molar-refractivity contribution in [3.63, 3.8) is 0 Å². The summed E-state index contributed by atoms with van der Waals surface area (Å²) in [4.78, 5) is 14.0. The second-order valence-corrected chi connectivity index (χ2v) is 7.56. The molecule has 1 rings (SSSR count). The van der Waals surface area contributed by atoms with Crippen molar-refractivity contribution in [2.45, 2.75) is 116 Å². The molecular weight excluding hydrogens is 298 g/mol. The highest BCUT2D eigenvalue weighted by atomic mass is 16.3. The summed E-state index contributed by atoms with van der Waals surface area (Å²) < 4.78 is 0. The van der Waals surface area contributed by atoms with E-state index in [0.717, 1.165) is 25.8 Å². The molecular formula is C21H41NO2. The van der Waals surface area contributed by atoms with Gasteiger partial charge in [-0.2, -0.15) is 0 Å². The van der Waals surface area contributed by atoms with Gasteiger partial charge < -0.3 is 10.0 Å².